The van der Waals surface area contributed by atoms with Crippen LogP contribution in [0, 0.1) is 5.41 Å². The number of ketones is 1. The number of morpholine rings is 1. The van der Waals surface area contributed by atoms with Crippen LogP contribution in [0.3, 0.4) is 0 Å². The first-order valence-electron chi connectivity index (χ1n) is 16.8. The molecule has 258 valence electrons. The van der Waals surface area contributed by atoms with Crippen molar-refractivity contribution in [1.29, 1.82) is 0 Å². The van der Waals surface area contributed by atoms with E-state index in [9.17, 15) is 28.2 Å². The van der Waals surface area contributed by atoms with E-state index >= 15 is 0 Å². The molecular formula is C38H43ClF3NO5. The Hall–Kier alpha value is -2.95. The summed E-state index contributed by atoms with van der Waals surface area (Å²) in [6.07, 6.45) is 1.42. The number of alkyl halides is 3. The Morgan fingerprint density at radius 2 is 1.83 bits per heavy atom. The highest BCUT2D eigenvalue weighted by Crippen LogP contribution is 2.59. The number of nitrogens with zero attached hydrogens (tertiary/aromatic N) is 1. The monoisotopic (exact) mass is 685 g/mol. The van der Waals surface area contributed by atoms with E-state index in [1.807, 2.05) is 18.2 Å². The van der Waals surface area contributed by atoms with Crippen molar-refractivity contribution in [3.05, 3.63) is 93.2 Å². The number of allylic oxidation sites excluding steroid dienone is 2. The summed E-state index contributed by atoms with van der Waals surface area (Å²) in [6.45, 7) is 7.49. The van der Waals surface area contributed by atoms with Crippen molar-refractivity contribution in [2.75, 3.05) is 32.8 Å². The Balaban J connectivity index is 1.41. The van der Waals surface area contributed by atoms with Gasteiger partial charge in [-0.2, -0.15) is 13.2 Å². The molecule has 0 amide bonds. The van der Waals surface area contributed by atoms with Crippen LogP contribution in [0.5, 0.6) is 0 Å². The molecule has 0 radical (unpaired) electrons. The molecule has 3 aromatic rings. The van der Waals surface area contributed by atoms with Gasteiger partial charge in [-0.15, -0.1) is 0 Å². The largest absolute Gasteiger partial charge is 0.453 e. The molecule has 1 saturated carbocycles. The third-order valence-corrected chi connectivity index (χ3v) is 11.2. The Morgan fingerprint density at radius 3 is 2.58 bits per heavy atom. The number of benzene rings is 2. The number of hydrogen-bond acceptors (Lipinski definition) is 6. The van der Waals surface area contributed by atoms with Crippen LogP contribution < -0.4 is 0 Å². The molecule has 2 aromatic carbocycles. The predicted octanol–water partition coefficient (Wildman–Crippen LogP) is 8.22. The number of aliphatic hydroxyl groups is 2. The molecule has 1 aromatic heterocycles. The Kier molecular flexibility index (Phi) is 10.00. The van der Waals surface area contributed by atoms with E-state index in [4.69, 9.17) is 20.8 Å². The molecule has 4 unspecified atom stereocenters. The summed E-state index contributed by atoms with van der Waals surface area (Å²) >= 11 is 6.29. The summed E-state index contributed by atoms with van der Waals surface area (Å²) in [7, 11) is 0. The lowest BCUT2D eigenvalue weighted by Gasteiger charge is -2.46. The summed E-state index contributed by atoms with van der Waals surface area (Å²) in [5.74, 6) is -0.548. The lowest BCUT2D eigenvalue weighted by molar-refractivity contribution is -0.137. The van der Waals surface area contributed by atoms with Crippen LogP contribution in [-0.2, 0) is 17.3 Å². The Labute approximate surface area is 284 Å². The number of carbonyl (C=O) groups excluding carboxylic acids is 1. The topological polar surface area (TPSA) is 83.1 Å². The number of hydrogen-bond donors (Lipinski definition) is 2. The molecule has 1 saturated heterocycles. The van der Waals surface area contributed by atoms with Gasteiger partial charge in [-0.1, -0.05) is 42.3 Å². The second-order valence-corrected chi connectivity index (χ2v) is 14.4. The zero-order valence-electron chi connectivity index (χ0n) is 27.4. The quantitative estimate of drug-likeness (QED) is 0.208. The number of fused-ring (bicyclic) bond motifs is 8. The summed E-state index contributed by atoms with van der Waals surface area (Å²) in [5, 5.41) is 23.5. The summed E-state index contributed by atoms with van der Waals surface area (Å²) in [4.78, 5) is 16.6. The average Bonchev–Trinajstić information content (AvgIpc) is 3.62. The maximum Gasteiger partial charge on any atom is 0.416 e. The van der Waals surface area contributed by atoms with Gasteiger partial charge in [0.25, 0.3) is 0 Å². The first-order chi connectivity index (χ1) is 22.8. The number of carbonyl (C=O) groups is 1. The molecular weight excluding hydrogens is 643 g/mol. The first-order valence-corrected chi connectivity index (χ1v) is 17.2. The van der Waals surface area contributed by atoms with Gasteiger partial charge in [0.05, 0.1) is 35.5 Å². The minimum absolute atomic E-state index is 0.0274. The fourth-order valence-electron chi connectivity index (χ4n) is 7.95. The van der Waals surface area contributed by atoms with E-state index in [1.165, 1.54) is 23.8 Å². The van der Waals surface area contributed by atoms with E-state index < -0.39 is 34.6 Å². The fourth-order valence-corrected chi connectivity index (χ4v) is 8.16. The number of β-amino-alcohol motifs (C(OH)–C–C–N with tert-alkyl or cyclic N) is 1. The van der Waals surface area contributed by atoms with E-state index in [-0.39, 0.29) is 28.0 Å². The zero-order valence-corrected chi connectivity index (χ0v) is 28.2. The van der Waals surface area contributed by atoms with Crippen molar-refractivity contribution in [2.45, 2.75) is 82.6 Å². The molecule has 2 fully saturated rings. The van der Waals surface area contributed by atoms with Gasteiger partial charge >= 0.3 is 6.18 Å². The van der Waals surface area contributed by atoms with E-state index in [1.54, 1.807) is 0 Å². The summed E-state index contributed by atoms with van der Waals surface area (Å²) < 4.78 is 52.0. The van der Waals surface area contributed by atoms with Crippen LogP contribution in [0.15, 0.2) is 64.6 Å². The molecule has 2 heterocycles. The molecule has 4 aliphatic rings. The summed E-state index contributed by atoms with van der Waals surface area (Å²) in [6, 6.07) is 11.6. The fraction of sp³-hybridized carbons (Fsp3) is 0.500. The lowest BCUT2D eigenvalue weighted by Crippen LogP contribution is -2.54. The van der Waals surface area contributed by atoms with Crippen molar-refractivity contribution < 1.29 is 37.3 Å². The van der Waals surface area contributed by atoms with E-state index in [0.717, 1.165) is 49.2 Å². The van der Waals surface area contributed by atoms with Gasteiger partial charge in [0, 0.05) is 36.2 Å². The number of rotatable bonds is 5. The number of furan rings is 1. The van der Waals surface area contributed by atoms with Crippen molar-refractivity contribution in [1.82, 2.24) is 4.90 Å². The van der Waals surface area contributed by atoms with Crippen molar-refractivity contribution in [2.24, 2.45) is 5.41 Å². The Bertz CT molecular complexity index is 1680. The number of ether oxygens (including phenoxy) is 1. The standard InChI is InChI=1S/C38H43ClF3NO5/c1-24-4-3-14-36(2)31(13-15-37(36,46)23-43-16-18-47-19-17-43)28-9-6-25(20-27(44)8-5-24)21-29(28)35(45)34-12-11-33(48-34)30-22-26(38(40,41)42)7-10-32(30)39/h4,6-7,9-12,21-22,27,31,44,46H,3,5,8,13-20,23H2,1-2H3. The molecule has 3 aliphatic carbocycles. The highest BCUT2D eigenvalue weighted by Gasteiger charge is 2.57. The maximum absolute atomic E-state index is 14.4. The van der Waals surface area contributed by atoms with Gasteiger partial charge in [-0.05, 0) is 105 Å². The normalized spacial score (nSPS) is 27.4. The Morgan fingerprint density at radius 1 is 1.06 bits per heavy atom. The van der Waals surface area contributed by atoms with Gasteiger partial charge < -0.3 is 19.4 Å². The van der Waals surface area contributed by atoms with Gasteiger partial charge in [0.2, 0.25) is 5.78 Å². The molecule has 10 heteroatoms. The highest BCUT2D eigenvalue weighted by molar-refractivity contribution is 6.33. The second-order valence-electron chi connectivity index (χ2n) is 14.0. The molecule has 2 bridgehead atoms. The number of aliphatic hydroxyl groups excluding tert-OH is 1. The SMILES string of the molecule is CC1=CCCC2(C)C(CCC2(O)CN2CCOCC2)c2ccc(cc2C(=O)c2ccc(-c3cc(C(F)(F)F)ccc3Cl)o2)CC(O)CC1. The van der Waals surface area contributed by atoms with Crippen molar-refractivity contribution >= 4 is 17.4 Å². The third kappa shape index (κ3) is 7.03. The van der Waals surface area contributed by atoms with Gasteiger partial charge in [0.15, 0.2) is 5.76 Å². The maximum atomic E-state index is 14.4. The molecule has 48 heavy (non-hydrogen) atoms. The zero-order chi connectivity index (χ0) is 34.3. The molecule has 4 atom stereocenters. The summed E-state index contributed by atoms with van der Waals surface area (Å²) in [5.41, 5.74) is 0.783. The lowest BCUT2D eigenvalue weighted by atomic mass is 9.64. The molecule has 1 aliphatic heterocycles. The molecule has 0 spiro atoms. The minimum atomic E-state index is -4.57. The van der Waals surface area contributed by atoms with Crippen LogP contribution in [0.4, 0.5) is 13.2 Å². The molecule has 6 nitrogen and oxygen atoms in total. The van der Waals surface area contributed by atoms with E-state index in [0.29, 0.717) is 57.4 Å². The second kappa shape index (κ2) is 13.8. The van der Waals surface area contributed by atoms with Gasteiger partial charge in [0.1, 0.15) is 5.76 Å². The van der Waals surface area contributed by atoms with Crippen LogP contribution in [0.2, 0.25) is 5.02 Å². The third-order valence-electron chi connectivity index (χ3n) is 10.9. The van der Waals surface area contributed by atoms with Crippen LogP contribution in [0.25, 0.3) is 11.3 Å². The molecule has 7 rings (SSSR count). The smallest absolute Gasteiger partial charge is 0.416 e. The highest BCUT2D eigenvalue weighted by atomic mass is 35.5. The van der Waals surface area contributed by atoms with Crippen LogP contribution in [0.1, 0.15) is 91.1 Å². The van der Waals surface area contributed by atoms with E-state index in [2.05, 4.69) is 24.8 Å². The van der Waals surface area contributed by atoms with Crippen LogP contribution >= 0.6 is 11.6 Å². The van der Waals surface area contributed by atoms with Crippen LogP contribution in [-0.4, -0.2) is 65.4 Å². The minimum Gasteiger partial charge on any atom is -0.453 e. The predicted molar refractivity (Wildman–Crippen MR) is 178 cm³/mol. The molecule has 2 N–H and O–H groups in total. The number of halogens is 4. The van der Waals surface area contributed by atoms with Gasteiger partial charge in [-0.25, -0.2) is 0 Å². The van der Waals surface area contributed by atoms with Crippen molar-refractivity contribution in [3.63, 3.8) is 0 Å². The first kappa shape index (κ1) is 34.9. The average molecular weight is 686 g/mol. The van der Waals surface area contributed by atoms with Gasteiger partial charge in [-0.3, -0.25) is 9.69 Å². The van der Waals surface area contributed by atoms with Crippen molar-refractivity contribution in [3.8, 4) is 11.3 Å².